The Morgan fingerprint density at radius 3 is 0.925 bits per heavy atom. The number of aromatic carboxylic acids is 3. The predicted octanol–water partition coefficient (Wildman–Crippen LogP) is -2.72. The molecule has 0 aliphatic heterocycles. The van der Waals surface area contributed by atoms with Gasteiger partial charge >= 0.3 is 15.1 Å². The van der Waals surface area contributed by atoms with Gasteiger partial charge in [-0.2, -0.15) is 25.3 Å². The lowest BCUT2D eigenvalue weighted by Gasteiger charge is -2.18. The van der Waals surface area contributed by atoms with Gasteiger partial charge in [-0.1, -0.05) is 54.6 Å². The Balaban J connectivity index is 2.14. The van der Waals surface area contributed by atoms with Crippen LogP contribution in [0.1, 0.15) is 31.1 Å². The number of hydrogen-bond donors (Lipinski definition) is 0. The van der Waals surface area contributed by atoms with Gasteiger partial charge in [0.05, 0.1) is 17.9 Å². The molecule has 3 aromatic carbocycles. The van der Waals surface area contributed by atoms with Crippen molar-refractivity contribution in [3.05, 3.63) is 89.5 Å². The standard InChI is InChI=1S/3C7H6O5S.Al/c3*8-7(9)5-3-1-2-4-6(5)13(10,11)12;/h3*1-4H,(H,8,9)(H,10,11,12);/q;;;+3/p-6. The lowest BCUT2D eigenvalue weighted by atomic mass is 10.2. The van der Waals surface area contributed by atoms with Gasteiger partial charge in [0.2, 0.25) is 0 Å². The third kappa shape index (κ3) is 6.90. The van der Waals surface area contributed by atoms with Crippen molar-refractivity contribution in [1.82, 2.24) is 0 Å². The predicted molar refractivity (Wildman–Crippen MR) is 123 cm³/mol. The number of benzene rings is 3. The molecule has 0 saturated heterocycles. The summed E-state index contributed by atoms with van der Waals surface area (Å²) in [6, 6.07) is 10.9. The van der Waals surface area contributed by atoms with Gasteiger partial charge in [0.25, 0.3) is 30.4 Å². The molecular weight excluding hydrogens is 615 g/mol. The van der Waals surface area contributed by atoms with Crippen LogP contribution >= 0.6 is 0 Å². The number of carboxylic acid groups (broad SMARTS) is 3. The molecule has 19 heteroatoms. The first-order valence-corrected chi connectivity index (χ1v) is 15.9. The Morgan fingerprint density at radius 2 is 0.700 bits per heavy atom. The minimum absolute atomic E-state index is 0.700. The Bertz CT molecular complexity index is 1600. The van der Waals surface area contributed by atoms with E-state index in [-0.39, 0.29) is 0 Å². The fourth-order valence-corrected chi connectivity index (χ4v) is 10.0. The minimum Gasteiger partial charge on any atom is -0.545 e. The summed E-state index contributed by atoms with van der Waals surface area (Å²) in [4.78, 5) is 30.8. The van der Waals surface area contributed by atoms with Gasteiger partial charge in [0.15, 0.2) is 0 Å². The summed E-state index contributed by atoms with van der Waals surface area (Å²) in [7, 11) is -16.2. The Morgan fingerprint density at radius 1 is 0.475 bits per heavy atom. The minimum atomic E-state index is -5.39. The molecule has 0 spiro atoms. The molecule has 0 fully saturated rings. The molecule has 0 bridgehead atoms. The van der Waals surface area contributed by atoms with Crippen molar-refractivity contribution < 1.29 is 64.7 Å². The van der Waals surface area contributed by atoms with Crippen molar-refractivity contribution in [1.29, 1.82) is 0 Å². The lowest BCUT2D eigenvalue weighted by Crippen LogP contribution is -2.37. The number of hydrogen-bond acceptors (Lipinski definition) is 15. The Labute approximate surface area is 231 Å². The van der Waals surface area contributed by atoms with Gasteiger partial charge in [-0.05, 0) is 18.2 Å². The number of carbonyl (C=O) groups is 3. The van der Waals surface area contributed by atoms with Gasteiger partial charge in [0, 0.05) is 16.7 Å². The Kier molecular flexibility index (Phi) is 9.13. The summed E-state index contributed by atoms with van der Waals surface area (Å²) < 4.78 is 91.4. The van der Waals surface area contributed by atoms with E-state index >= 15 is 0 Å². The van der Waals surface area contributed by atoms with Crippen LogP contribution in [0.4, 0.5) is 0 Å². The van der Waals surface area contributed by atoms with Crippen molar-refractivity contribution in [2.45, 2.75) is 14.7 Å². The first-order chi connectivity index (χ1) is 18.6. The normalized spacial score (nSPS) is 12.0. The topological polar surface area (TPSA) is 250 Å². The van der Waals surface area contributed by atoms with E-state index in [9.17, 15) is 55.0 Å². The smallest absolute Gasteiger partial charge is 0.545 e. The molecule has 0 aliphatic rings. The monoisotopic (exact) mass is 627 g/mol. The summed E-state index contributed by atoms with van der Waals surface area (Å²) in [5.41, 5.74) is -2.90. The van der Waals surface area contributed by atoms with E-state index < -0.39 is 94.8 Å². The van der Waals surface area contributed by atoms with Crippen LogP contribution in [0.5, 0.6) is 0 Å². The largest absolute Gasteiger partial charge is 0.952 e. The van der Waals surface area contributed by atoms with Crippen LogP contribution in [0.3, 0.4) is 0 Å². The van der Waals surface area contributed by atoms with E-state index in [1.165, 1.54) is 0 Å². The van der Waals surface area contributed by atoms with Crippen LogP contribution < -0.4 is 15.3 Å². The SMILES string of the molecule is O=C([O-])c1ccccc1S(=O)(=O)[O][Al]([O]S(=O)(=O)c1ccccc1C(=O)[O-])[O]S(=O)(=O)c1ccccc1C(=O)[O-]. The fourth-order valence-electron chi connectivity index (χ4n) is 3.07. The second kappa shape index (κ2) is 11.8. The second-order valence-corrected chi connectivity index (χ2v) is 14.2. The maximum Gasteiger partial charge on any atom is 0.952 e. The average molecular weight is 627 g/mol. The molecule has 0 N–H and O–H groups in total. The highest BCUT2D eigenvalue weighted by Gasteiger charge is 2.48. The van der Waals surface area contributed by atoms with E-state index in [1.54, 1.807) is 0 Å². The molecule has 0 amide bonds. The van der Waals surface area contributed by atoms with Crippen molar-refractivity contribution in [3.8, 4) is 0 Å². The quantitative estimate of drug-likeness (QED) is 0.185. The molecule has 210 valence electrons. The third-order valence-corrected chi connectivity index (χ3v) is 12.4. The first kappa shape index (κ1) is 30.9. The van der Waals surface area contributed by atoms with Gasteiger partial charge in [-0.25, -0.2) is 0 Å². The zero-order valence-corrected chi connectivity index (χ0v) is 23.0. The maximum atomic E-state index is 12.9. The summed E-state index contributed by atoms with van der Waals surface area (Å²) >= 11 is -5.18. The summed E-state index contributed by atoms with van der Waals surface area (Å²) in [6.07, 6.45) is 0. The molecule has 0 saturated carbocycles. The van der Waals surface area contributed by atoms with E-state index in [2.05, 4.69) is 9.70 Å². The van der Waals surface area contributed by atoms with Crippen molar-refractivity contribution in [2.24, 2.45) is 0 Å². The highest BCUT2D eigenvalue weighted by Crippen LogP contribution is 2.25. The zero-order chi connectivity index (χ0) is 29.9. The lowest BCUT2D eigenvalue weighted by molar-refractivity contribution is -0.256. The van der Waals surface area contributed by atoms with Crippen molar-refractivity contribution >= 4 is 63.4 Å². The van der Waals surface area contributed by atoms with Crippen molar-refractivity contribution in [2.75, 3.05) is 0 Å². The molecule has 3 rings (SSSR count). The maximum absolute atomic E-state index is 12.9. The molecular formula is C21H12AlO15S3-3. The summed E-state index contributed by atoms with van der Waals surface area (Å²) in [5.74, 6) is -6.02. The molecule has 0 atom stereocenters. The first-order valence-electron chi connectivity index (χ1n) is 10.3. The average Bonchev–Trinajstić information content (AvgIpc) is 2.87. The van der Waals surface area contributed by atoms with Crippen LogP contribution in [0.25, 0.3) is 0 Å². The molecule has 40 heavy (non-hydrogen) atoms. The molecule has 3 aromatic rings. The van der Waals surface area contributed by atoms with Crippen LogP contribution in [0.15, 0.2) is 87.5 Å². The van der Waals surface area contributed by atoms with E-state index in [0.29, 0.717) is 18.2 Å². The van der Waals surface area contributed by atoms with Crippen LogP contribution in [0.2, 0.25) is 0 Å². The fraction of sp³-hybridized carbons (Fsp3) is 0. The number of rotatable bonds is 12. The third-order valence-electron chi connectivity index (χ3n) is 4.74. The molecule has 0 aliphatic carbocycles. The van der Waals surface area contributed by atoms with Crippen LogP contribution in [-0.2, 0) is 40.1 Å². The van der Waals surface area contributed by atoms with Gasteiger partial charge in [-0.15, -0.1) is 0 Å². The summed E-state index contributed by atoms with van der Waals surface area (Å²) in [6.45, 7) is 0. The zero-order valence-electron chi connectivity index (χ0n) is 19.4. The number of carbonyl (C=O) groups excluding carboxylic acids is 3. The van der Waals surface area contributed by atoms with Crippen molar-refractivity contribution in [3.63, 3.8) is 0 Å². The van der Waals surface area contributed by atoms with Gasteiger partial charge in [0.1, 0.15) is 14.7 Å². The highest BCUT2D eigenvalue weighted by atomic mass is 32.2. The molecule has 0 heterocycles. The number of carboxylic acids is 3. The van der Waals surface area contributed by atoms with Crippen LogP contribution in [0, 0.1) is 0 Å². The van der Waals surface area contributed by atoms with Crippen LogP contribution in [-0.4, -0.2) is 58.3 Å². The van der Waals surface area contributed by atoms with E-state index in [1.807, 2.05) is 0 Å². The molecule has 0 aromatic heterocycles. The second-order valence-electron chi connectivity index (χ2n) is 7.29. The van der Waals surface area contributed by atoms with E-state index in [4.69, 9.17) is 0 Å². The highest BCUT2D eigenvalue weighted by molar-refractivity contribution is 7.90. The summed E-state index contributed by atoms with van der Waals surface area (Å²) in [5, 5.41) is 34.2. The van der Waals surface area contributed by atoms with Gasteiger partial charge in [-0.3, -0.25) is 0 Å². The molecule has 0 radical (unpaired) electrons. The Hall–Kier alpha value is -3.67. The van der Waals surface area contributed by atoms with E-state index in [0.717, 1.165) is 54.6 Å². The van der Waals surface area contributed by atoms with Gasteiger partial charge < -0.3 is 39.4 Å². The molecule has 15 nitrogen and oxygen atoms in total. The molecule has 0 unspecified atom stereocenters.